The number of pyridine rings is 1. The van der Waals surface area contributed by atoms with Gasteiger partial charge in [-0.05, 0) is 12.1 Å². The quantitative estimate of drug-likeness (QED) is 0.857. The van der Waals surface area contributed by atoms with Gasteiger partial charge in [0.05, 0.1) is 30.0 Å². The molecule has 2 aliphatic heterocycles. The third kappa shape index (κ3) is 3.44. The highest BCUT2D eigenvalue weighted by Gasteiger charge is 2.45. The molecule has 3 atom stereocenters. The third-order valence-electron chi connectivity index (χ3n) is 5.17. The molecule has 0 unspecified atom stereocenters. The van der Waals surface area contributed by atoms with Gasteiger partial charge in [0.25, 0.3) is 5.91 Å². The Morgan fingerprint density at radius 1 is 1.35 bits per heavy atom. The summed E-state index contributed by atoms with van der Waals surface area (Å²) in [6, 6.07) is 9.56. The molecule has 2 saturated heterocycles. The molecule has 0 saturated carbocycles. The van der Waals surface area contributed by atoms with Crippen molar-refractivity contribution < 1.29 is 17.9 Å². The Balaban J connectivity index is 1.46. The van der Waals surface area contributed by atoms with Crippen LogP contribution in [0.4, 0.5) is 0 Å². The molecule has 0 spiro atoms. The number of fused-ring (bicyclic) bond motifs is 2. The maximum Gasteiger partial charge on any atom is 0.255 e. The summed E-state index contributed by atoms with van der Waals surface area (Å²) in [6.07, 6.45) is 2.73. The lowest BCUT2D eigenvalue weighted by atomic mass is 9.93. The van der Waals surface area contributed by atoms with Gasteiger partial charge in [-0.1, -0.05) is 18.2 Å². The average Bonchev–Trinajstić information content (AvgIpc) is 3.19. The molecule has 8 heteroatoms. The van der Waals surface area contributed by atoms with Crippen molar-refractivity contribution in [1.82, 2.24) is 14.6 Å². The molecule has 1 aromatic heterocycles. The van der Waals surface area contributed by atoms with Crippen molar-refractivity contribution in [3.63, 3.8) is 0 Å². The second kappa shape index (κ2) is 6.61. The van der Waals surface area contributed by atoms with Gasteiger partial charge in [-0.3, -0.25) is 9.78 Å². The number of benzene rings is 1. The summed E-state index contributed by atoms with van der Waals surface area (Å²) in [6.45, 7) is 1.98. The maximum absolute atomic E-state index is 12.9. The number of nitrogens with one attached hydrogen (secondary N) is 1. The normalized spacial score (nSPS) is 25.6. The lowest BCUT2D eigenvalue weighted by Crippen LogP contribution is -2.35. The summed E-state index contributed by atoms with van der Waals surface area (Å²) in [7, 11) is -3.23. The van der Waals surface area contributed by atoms with E-state index in [1.54, 1.807) is 11.1 Å². The second-order valence-corrected chi connectivity index (χ2v) is 8.88. The molecular formula is C18H21N3O4S. The summed E-state index contributed by atoms with van der Waals surface area (Å²) in [5, 5.41) is 0.934. The number of aromatic nitrogens is 1. The molecule has 1 amide bonds. The number of carbonyl (C=O) groups excluding carboxylic acids is 1. The lowest BCUT2D eigenvalue weighted by Gasteiger charge is -2.20. The minimum absolute atomic E-state index is 0.0290. The van der Waals surface area contributed by atoms with Gasteiger partial charge in [0.1, 0.15) is 0 Å². The van der Waals surface area contributed by atoms with Crippen LogP contribution >= 0.6 is 0 Å². The Bertz CT molecular complexity index is 946. The van der Waals surface area contributed by atoms with E-state index in [4.69, 9.17) is 4.74 Å². The standard InChI is InChI=1S/C18H21N3O4S/c1-26(23,24)20-8-14-11-25-17-10-21(9-15(14)17)18(22)13-6-12-4-2-3-5-16(12)19-7-13/h2-7,14-15,17,20H,8-11H2,1H3/t14-,15+,17+/m1/s1. The zero-order chi connectivity index (χ0) is 18.3. The van der Waals surface area contributed by atoms with Crippen LogP contribution in [-0.4, -0.2) is 62.8 Å². The van der Waals surface area contributed by atoms with Crippen LogP contribution in [0.5, 0.6) is 0 Å². The fourth-order valence-corrected chi connectivity index (χ4v) is 4.32. The fraction of sp³-hybridized carbons (Fsp3) is 0.444. The molecule has 1 aromatic carbocycles. The number of hydrogen-bond acceptors (Lipinski definition) is 5. The predicted octanol–water partition coefficient (Wildman–Crippen LogP) is 0.871. The Morgan fingerprint density at radius 3 is 2.96 bits per heavy atom. The monoisotopic (exact) mass is 375 g/mol. The van der Waals surface area contributed by atoms with Gasteiger partial charge in [0.2, 0.25) is 10.0 Å². The molecule has 0 aliphatic carbocycles. The summed E-state index contributed by atoms with van der Waals surface area (Å²) >= 11 is 0. The Kier molecular flexibility index (Phi) is 4.42. The first-order valence-electron chi connectivity index (χ1n) is 8.61. The minimum atomic E-state index is -3.23. The maximum atomic E-state index is 12.9. The van der Waals surface area contributed by atoms with Gasteiger partial charge in [-0.2, -0.15) is 0 Å². The van der Waals surface area contributed by atoms with E-state index in [9.17, 15) is 13.2 Å². The van der Waals surface area contributed by atoms with E-state index in [1.807, 2.05) is 30.3 Å². The first kappa shape index (κ1) is 17.4. The summed E-state index contributed by atoms with van der Waals surface area (Å²) < 4.78 is 31.0. The van der Waals surface area contributed by atoms with Crippen LogP contribution in [-0.2, 0) is 14.8 Å². The van der Waals surface area contributed by atoms with E-state index in [0.29, 0.717) is 31.8 Å². The first-order valence-corrected chi connectivity index (χ1v) is 10.5. The molecule has 26 heavy (non-hydrogen) atoms. The van der Waals surface area contributed by atoms with Gasteiger partial charge in [0, 0.05) is 43.1 Å². The summed E-state index contributed by atoms with van der Waals surface area (Å²) in [4.78, 5) is 19.0. The van der Waals surface area contributed by atoms with Gasteiger partial charge in [-0.15, -0.1) is 0 Å². The number of likely N-dealkylation sites (tertiary alicyclic amines) is 1. The minimum Gasteiger partial charge on any atom is -0.376 e. The summed E-state index contributed by atoms with van der Waals surface area (Å²) in [5.41, 5.74) is 1.42. The van der Waals surface area contributed by atoms with Crippen molar-refractivity contribution >= 4 is 26.8 Å². The van der Waals surface area contributed by atoms with Crippen LogP contribution in [0.25, 0.3) is 10.9 Å². The lowest BCUT2D eigenvalue weighted by molar-refractivity contribution is 0.0678. The van der Waals surface area contributed by atoms with Crippen molar-refractivity contribution in [1.29, 1.82) is 0 Å². The summed E-state index contributed by atoms with van der Waals surface area (Å²) in [5.74, 6) is 0.181. The van der Waals surface area contributed by atoms with Crippen LogP contribution in [0.3, 0.4) is 0 Å². The molecule has 0 radical (unpaired) electrons. The number of hydrogen-bond donors (Lipinski definition) is 1. The molecule has 138 valence electrons. The topological polar surface area (TPSA) is 88.6 Å². The van der Waals surface area contributed by atoms with Crippen LogP contribution in [0.1, 0.15) is 10.4 Å². The first-order chi connectivity index (χ1) is 12.4. The number of rotatable bonds is 4. The Labute approximate surface area is 152 Å². The van der Waals surface area contributed by atoms with Crippen LogP contribution in [0.15, 0.2) is 36.5 Å². The number of ether oxygens (including phenoxy) is 1. The van der Waals surface area contributed by atoms with E-state index in [-0.39, 0.29) is 23.8 Å². The smallest absolute Gasteiger partial charge is 0.255 e. The van der Waals surface area contributed by atoms with E-state index in [2.05, 4.69) is 9.71 Å². The van der Waals surface area contributed by atoms with Crippen molar-refractivity contribution in [2.24, 2.45) is 11.8 Å². The Morgan fingerprint density at radius 2 is 2.15 bits per heavy atom. The van der Waals surface area contributed by atoms with Gasteiger partial charge >= 0.3 is 0 Å². The Hall–Kier alpha value is -2.03. The number of nitrogens with zero attached hydrogens (tertiary/aromatic N) is 2. The number of sulfonamides is 1. The van der Waals surface area contributed by atoms with E-state index in [1.165, 1.54) is 0 Å². The SMILES string of the molecule is CS(=O)(=O)NC[C@@H]1CO[C@H]2CN(C(=O)c3cnc4ccccc4c3)C[C@@H]12. The van der Waals surface area contributed by atoms with Gasteiger partial charge in [-0.25, -0.2) is 13.1 Å². The highest BCUT2D eigenvalue weighted by atomic mass is 32.2. The molecule has 2 fully saturated rings. The van der Waals surface area contributed by atoms with Gasteiger partial charge in [0.15, 0.2) is 0 Å². The van der Waals surface area contributed by atoms with E-state index in [0.717, 1.165) is 17.2 Å². The van der Waals surface area contributed by atoms with Crippen molar-refractivity contribution in [2.75, 3.05) is 32.5 Å². The molecule has 2 aliphatic rings. The molecule has 4 rings (SSSR count). The number of para-hydroxylation sites is 1. The molecule has 3 heterocycles. The average molecular weight is 375 g/mol. The van der Waals surface area contributed by atoms with Crippen LogP contribution < -0.4 is 4.72 Å². The highest BCUT2D eigenvalue weighted by molar-refractivity contribution is 7.88. The zero-order valence-corrected chi connectivity index (χ0v) is 15.3. The van der Waals surface area contributed by atoms with E-state index < -0.39 is 10.0 Å². The largest absolute Gasteiger partial charge is 0.376 e. The fourth-order valence-electron chi connectivity index (χ4n) is 3.80. The van der Waals surface area contributed by atoms with Crippen LogP contribution in [0.2, 0.25) is 0 Å². The number of amides is 1. The predicted molar refractivity (Wildman–Crippen MR) is 97.2 cm³/mol. The molecule has 0 bridgehead atoms. The molecular weight excluding hydrogens is 354 g/mol. The zero-order valence-electron chi connectivity index (χ0n) is 14.5. The molecule has 1 N–H and O–H groups in total. The van der Waals surface area contributed by atoms with Crippen molar-refractivity contribution in [2.45, 2.75) is 6.10 Å². The van der Waals surface area contributed by atoms with Crippen LogP contribution in [0, 0.1) is 11.8 Å². The molecule has 7 nitrogen and oxygen atoms in total. The van der Waals surface area contributed by atoms with Gasteiger partial charge < -0.3 is 9.64 Å². The second-order valence-electron chi connectivity index (χ2n) is 7.04. The third-order valence-corrected chi connectivity index (χ3v) is 5.86. The molecule has 2 aromatic rings. The van der Waals surface area contributed by atoms with E-state index >= 15 is 0 Å². The number of carbonyl (C=O) groups is 1. The van der Waals surface area contributed by atoms with Crippen molar-refractivity contribution in [3.8, 4) is 0 Å². The van der Waals surface area contributed by atoms with Crippen molar-refractivity contribution in [3.05, 3.63) is 42.1 Å². The highest BCUT2D eigenvalue weighted by Crippen LogP contribution is 2.34.